The van der Waals surface area contributed by atoms with Crippen LogP contribution in [0.25, 0.3) is 0 Å². The van der Waals surface area contributed by atoms with Crippen LogP contribution in [0.4, 0.5) is 5.82 Å². The molecule has 1 aromatic rings. The maximum absolute atomic E-state index is 11.7. The molecule has 1 unspecified atom stereocenters. The lowest BCUT2D eigenvalue weighted by Crippen LogP contribution is -2.61. The highest BCUT2D eigenvalue weighted by Crippen LogP contribution is 2.29. The molecule has 1 aromatic heterocycles. The van der Waals surface area contributed by atoms with Gasteiger partial charge in [-0.2, -0.15) is 0 Å². The summed E-state index contributed by atoms with van der Waals surface area (Å²) < 4.78 is 2.34. The van der Waals surface area contributed by atoms with Crippen LogP contribution in [0.1, 0.15) is 25.6 Å². The number of likely N-dealkylation sites (N-methyl/N-ethyl adjacent to an activating group) is 1. The third-order valence-electron chi connectivity index (χ3n) is 3.97. The zero-order chi connectivity index (χ0) is 12.9. The average Bonchev–Trinajstić information content (AvgIpc) is 2.86. The molecule has 0 radical (unpaired) electrons. The fourth-order valence-electron chi connectivity index (χ4n) is 2.86. The molecule has 1 fully saturated rings. The first-order valence-electron chi connectivity index (χ1n) is 6.45. The van der Waals surface area contributed by atoms with E-state index in [1.165, 1.54) is 11.5 Å². The van der Waals surface area contributed by atoms with E-state index in [1.807, 2.05) is 13.8 Å². The fourth-order valence-corrected chi connectivity index (χ4v) is 2.86. The van der Waals surface area contributed by atoms with Crippen LogP contribution in [0, 0.1) is 0 Å². The number of hydrogen-bond donors (Lipinski definition) is 2. The zero-order valence-electron chi connectivity index (χ0n) is 11.2. The second-order valence-corrected chi connectivity index (χ2v) is 5.72. The van der Waals surface area contributed by atoms with Crippen molar-refractivity contribution >= 4 is 11.7 Å². The average molecular weight is 248 g/mol. The van der Waals surface area contributed by atoms with Crippen molar-refractivity contribution in [1.29, 1.82) is 0 Å². The van der Waals surface area contributed by atoms with Crippen LogP contribution in [-0.4, -0.2) is 36.2 Å². The third kappa shape index (κ3) is 1.61. The van der Waals surface area contributed by atoms with Crippen molar-refractivity contribution in [3.63, 3.8) is 0 Å². The molecule has 3 heterocycles. The van der Waals surface area contributed by atoms with Crippen molar-refractivity contribution in [2.45, 2.75) is 32.0 Å². The number of carbonyl (C=O) groups is 1. The van der Waals surface area contributed by atoms with Gasteiger partial charge < -0.3 is 14.8 Å². The molecule has 0 bridgehead atoms. The highest BCUT2D eigenvalue weighted by molar-refractivity contribution is 5.86. The van der Waals surface area contributed by atoms with E-state index in [0.717, 1.165) is 13.1 Å². The van der Waals surface area contributed by atoms with E-state index >= 15 is 0 Å². The Kier molecular flexibility index (Phi) is 2.41. The Bertz CT molecular complexity index is 491. The van der Waals surface area contributed by atoms with E-state index in [4.69, 9.17) is 0 Å². The predicted molar refractivity (Wildman–Crippen MR) is 70.7 cm³/mol. The van der Waals surface area contributed by atoms with Gasteiger partial charge in [-0.05, 0) is 26.0 Å². The summed E-state index contributed by atoms with van der Waals surface area (Å²) in [6.07, 6.45) is 0. The van der Waals surface area contributed by atoms with Crippen LogP contribution in [0.3, 0.4) is 0 Å². The Balaban J connectivity index is 1.89. The topological polar surface area (TPSA) is 49.3 Å². The van der Waals surface area contributed by atoms with Gasteiger partial charge in [0.15, 0.2) is 0 Å². The van der Waals surface area contributed by atoms with Gasteiger partial charge in [-0.3, -0.25) is 10.1 Å². The number of rotatable bonds is 1. The molecule has 3 rings (SSSR count). The Morgan fingerprint density at radius 1 is 1.33 bits per heavy atom. The molecular formula is C13H20N4O. The van der Waals surface area contributed by atoms with Crippen molar-refractivity contribution in [2.24, 2.45) is 0 Å². The highest BCUT2D eigenvalue weighted by atomic mass is 16.2. The Morgan fingerprint density at radius 3 is 2.83 bits per heavy atom. The molecule has 0 spiro atoms. The number of carbonyl (C=O) groups excluding carboxylic acids is 1. The predicted octanol–water partition coefficient (Wildman–Crippen LogP) is 0.477. The smallest absolute Gasteiger partial charge is 0.239 e. The fraction of sp³-hybridized carbons (Fsp3) is 0.615. The van der Waals surface area contributed by atoms with Crippen molar-refractivity contribution in [3.8, 4) is 0 Å². The third-order valence-corrected chi connectivity index (χ3v) is 3.97. The van der Waals surface area contributed by atoms with Gasteiger partial charge in [0.2, 0.25) is 5.91 Å². The minimum atomic E-state index is -0.502. The first kappa shape index (κ1) is 11.6. The molecular weight excluding hydrogens is 228 g/mol. The number of aromatic nitrogens is 1. The van der Waals surface area contributed by atoms with Crippen LogP contribution < -0.4 is 15.5 Å². The first-order valence-corrected chi connectivity index (χ1v) is 6.45. The van der Waals surface area contributed by atoms with Crippen LogP contribution >= 0.6 is 0 Å². The van der Waals surface area contributed by atoms with Crippen molar-refractivity contribution < 1.29 is 4.79 Å². The van der Waals surface area contributed by atoms with E-state index in [0.29, 0.717) is 6.54 Å². The lowest BCUT2D eigenvalue weighted by atomic mass is 9.98. The Labute approximate surface area is 107 Å². The van der Waals surface area contributed by atoms with E-state index in [2.05, 4.69) is 39.3 Å². The van der Waals surface area contributed by atoms with Gasteiger partial charge in [-0.15, -0.1) is 0 Å². The number of anilines is 1. The minimum absolute atomic E-state index is 0.0732. The van der Waals surface area contributed by atoms with Crippen molar-refractivity contribution in [3.05, 3.63) is 17.8 Å². The summed E-state index contributed by atoms with van der Waals surface area (Å²) in [6, 6.07) is 4.52. The molecule has 98 valence electrons. The summed E-state index contributed by atoms with van der Waals surface area (Å²) in [5.41, 5.74) is 0.764. The molecule has 2 N–H and O–H groups in total. The van der Waals surface area contributed by atoms with Crippen LogP contribution in [0.5, 0.6) is 0 Å². The first-order chi connectivity index (χ1) is 8.49. The van der Waals surface area contributed by atoms with E-state index in [9.17, 15) is 4.79 Å². The quantitative estimate of drug-likeness (QED) is 0.760. The van der Waals surface area contributed by atoms with Crippen molar-refractivity contribution in [2.75, 3.05) is 25.0 Å². The maximum atomic E-state index is 11.7. The van der Waals surface area contributed by atoms with Gasteiger partial charge in [-0.25, -0.2) is 0 Å². The summed E-state index contributed by atoms with van der Waals surface area (Å²) in [5, 5.41) is 6.42. The van der Waals surface area contributed by atoms with E-state index in [-0.39, 0.29) is 11.9 Å². The number of hydrogen-bond acceptors (Lipinski definition) is 3. The molecule has 5 heteroatoms. The molecule has 2 aliphatic heterocycles. The standard InChI is InChI=1S/C13H20N4O/c1-13(2)12(18)14-8-9(15-13)10-4-5-11-16(3)6-7-17(10)11/h4-5,9,15H,6-8H2,1-3H3,(H,14,18). The lowest BCUT2D eigenvalue weighted by molar-refractivity contribution is -0.128. The molecule has 0 aliphatic carbocycles. The summed E-state index contributed by atoms with van der Waals surface area (Å²) in [5.74, 6) is 1.34. The molecule has 5 nitrogen and oxygen atoms in total. The molecule has 1 saturated heterocycles. The summed E-state index contributed by atoms with van der Waals surface area (Å²) in [7, 11) is 2.11. The lowest BCUT2D eigenvalue weighted by Gasteiger charge is -2.36. The zero-order valence-corrected chi connectivity index (χ0v) is 11.2. The molecule has 1 atom stereocenters. The molecule has 0 saturated carbocycles. The van der Waals surface area contributed by atoms with Gasteiger partial charge in [0, 0.05) is 32.4 Å². The normalized spacial score (nSPS) is 26.1. The van der Waals surface area contributed by atoms with E-state index in [1.54, 1.807) is 0 Å². The largest absolute Gasteiger partial charge is 0.359 e. The molecule has 18 heavy (non-hydrogen) atoms. The van der Waals surface area contributed by atoms with Gasteiger partial charge >= 0.3 is 0 Å². The summed E-state index contributed by atoms with van der Waals surface area (Å²) in [4.78, 5) is 14.0. The summed E-state index contributed by atoms with van der Waals surface area (Å²) >= 11 is 0. The summed E-state index contributed by atoms with van der Waals surface area (Å²) in [6.45, 7) is 6.60. The molecule has 0 aromatic carbocycles. The van der Waals surface area contributed by atoms with Crippen LogP contribution in [-0.2, 0) is 11.3 Å². The van der Waals surface area contributed by atoms with Gasteiger partial charge in [0.05, 0.1) is 11.6 Å². The van der Waals surface area contributed by atoms with Crippen LogP contribution in [0.2, 0.25) is 0 Å². The number of amides is 1. The van der Waals surface area contributed by atoms with Gasteiger partial charge in [0.1, 0.15) is 5.82 Å². The van der Waals surface area contributed by atoms with Crippen LogP contribution in [0.15, 0.2) is 12.1 Å². The van der Waals surface area contributed by atoms with Crippen molar-refractivity contribution in [1.82, 2.24) is 15.2 Å². The molecule has 1 amide bonds. The Hall–Kier alpha value is -1.49. The Morgan fingerprint density at radius 2 is 2.11 bits per heavy atom. The number of nitrogens with one attached hydrogen (secondary N) is 2. The minimum Gasteiger partial charge on any atom is -0.359 e. The second-order valence-electron chi connectivity index (χ2n) is 5.72. The van der Waals surface area contributed by atoms with E-state index < -0.39 is 5.54 Å². The monoisotopic (exact) mass is 248 g/mol. The highest BCUT2D eigenvalue weighted by Gasteiger charge is 2.36. The molecule has 2 aliphatic rings. The number of fused-ring (bicyclic) bond motifs is 1. The maximum Gasteiger partial charge on any atom is 0.239 e. The van der Waals surface area contributed by atoms with Gasteiger partial charge in [-0.1, -0.05) is 0 Å². The number of piperazine rings is 1. The second kappa shape index (κ2) is 3.75. The SMILES string of the molecule is CN1CCn2c(C3CNC(=O)C(C)(C)N3)ccc21. The van der Waals surface area contributed by atoms with Gasteiger partial charge in [0.25, 0.3) is 0 Å². The number of nitrogens with zero attached hydrogens (tertiary/aromatic N) is 2.